The molecule has 0 saturated carbocycles. The molecule has 0 aliphatic carbocycles. The molecule has 1 unspecified atom stereocenters. The molecule has 1 amide bonds. The maximum Gasteiger partial charge on any atom is 0.220 e. The van der Waals surface area contributed by atoms with Crippen molar-refractivity contribution < 1.29 is 45.4 Å². The Morgan fingerprint density at radius 2 is 2.22 bits per heavy atom. The summed E-state index contributed by atoms with van der Waals surface area (Å²) in [7, 11) is 1.65. The minimum absolute atomic E-state index is 0. The van der Waals surface area contributed by atoms with Gasteiger partial charge in [0.1, 0.15) is 0 Å². The Labute approximate surface area is 134 Å². The van der Waals surface area contributed by atoms with Gasteiger partial charge in [-0.05, 0) is 6.42 Å². The molecule has 4 nitrogen and oxygen atoms in total. The molecular weight excluding hydrogens is 456 g/mol. The largest absolute Gasteiger partial charge is 0.545 e. The van der Waals surface area contributed by atoms with E-state index in [9.17, 15) is 4.79 Å². The van der Waals surface area contributed by atoms with Gasteiger partial charge in [0.25, 0.3) is 0 Å². The fraction of sp³-hybridized carbons (Fsp3) is 0.846. The van der Waals surface area contributed by atoms with Crippen molar-refractivity contribution in [1.82, 2.24) is 4.90 Å². The van der Waals surface area contributed by atoms with Gasteiger partial charge in [-0.3, -0.25) is 4.79 Å². The third kappa shape index (κ3) is 7.13. The summed E-state index contributed by atoms with van der Waals surface area (Å²) in [6, 6.07) is 0. The van der Waals surface area contributed by atoms with E-state index in [4.69, 9.17) is 9.47 Å². The molecule has 0 radical (unpaired) electrons. The fourth-order valence-corrected chi connectivity index (χ4v) is 1.98. The van der Waals surface area contributed by atoms with E-state index in [1.54, 1.807) is 13.7 Å². The SMILES string of the molecule is CCCCCCC(=O)N1C[CH-]OC(COC)C1.[U]. The van der Waals surface area contributed by atoms with Crippen LogP contribution in [-0.4, -0.2) is 43.7 Å². The zero-order chi connectivity index (χ0) is 12.5. The van der Waals surface area contributed by atoms with Crippen LogP contribution in [0.25, 0.3) is 0 Å². The molecule has 1 rings (SSSR count). The first kappa shape index (κ1) is 18.4. The van der Waals surface area contributed by atoms with Crippen molar-refractivity contribution in [2.45, 2.75) is 45.1 Å². The van der Waals surface area contributed by atoms with E-state index in [1.807, 2.05) is 4.90 Å². The summed E-state index contributed by atoms with van der Waals surface area (Å²) in [6.07, 6.45) is 5.22. The Morgan fingerprint density at radius 1 is 1.44 bits per heavy atom. The maximum atomic E-state index is 11.9. The first-order valence-electron chi connectivity index (χ1n) is 6.51. The third-order valence-electron chi connectivity index (χ3n) is 2.96. The van der Waals surface area contributed by atoms with Crippen molar-refractivity contribution in [3.8, 4) is 0 Å². The Kier molecular flexibility index (Phi) is 11.6. The summed E-state index contributed by atoms with van der Waals surface area (Å²) in [6.45, 7) is 5.67. The Balaban J connectivity index is 0.00000289. The molecule has 0 N–H and O–H groups in total. The fourth-order valence-electron chi connectivity index (χ4n) is 1.98. The molecule has 0 bridgehead atoms. The normalized spacial score (nSPS) is 19.4. The van der Waals surface area contributed by atoms with E-state index >= 15 is 0 Å². The second-order valence-corrected chi connectivity index (χ2v) is 4.49. The van der Waals surface area contributed by atoms with Gasteiger partial charge in [-0.1, -0.05) is 32.7 Å². The number of nitrogens with zero attached hydrogens (tertiary/aromatic N) is 1. The molecule has 0 spiro atoms. The van der Waals surface area contributed by atoms with E-state index in [-0.39, 0.29) is 43.1 Å². The zero-order valence-electron chi connectivity index (χ0n) is 11.5. The number of unbranched alkanes of at least 4 members (excludes halogenated alkanes) is 3. The Hall–Kier alpha value is 0.442. The standard InChI is InChI=1S/C13H24NO3.U/c1-3-4-5-6-7-13(15)14-8-9-17-12(10-14)11-16-2;/h9,12H,3-8,10-11H2,1-2H3;/q-1;. The van der Waals surface area contributed by atoms with Crippen molar-refractivity contribution >= 4 is 5.91 Å². The van der Waals surface area contributed by atoms with Crippen LogP contribution in [0.15, 0.2) is 0 Å². The van der Waals surface area contributed by atoms with Gasteiger partial charge in [-0.2, -0.15) is 6.61 Å². The number of methoxy groups -OCH3 is 1. The summed E-state index contributed by atoms with van der Waals surface area (Å²) in [5.41, 5.74) is 0. The first-order chi connectivity index (χ1) is 8.27. The number of hydrogen-bond donors (Lipinski definition) is 0. The van der Waals surface area contributed by atoms with Gasteiger partial charge in [-0.25, -0.2) is 0 Å². The van der Waals surface area contributed by atoms with Crippen molar-refractivity contribution in [2.75, 3.05) is 26.8 Å². The molecule has 5 heteroatoms. The number of morpholine rings is 1. The molecule has 1 atom stereocenters. The van der Waals surface area contributed by atoms with Crippen molar-refractivity contribution in [2.24, 2.45) is 0 Å². The van der Waals surface area contributed by atoms with Gasteiger partial charge in [-0.15, -0.1) is 0 Å². The van der Waals surface area contributed by atoms with E-state index in [2.05, 4.69) is 6.92 Å². The van der Waals surface area contributed by atoms with Crippen LogP contribution in [0, 0.1) is 37.7 Å². The first-order valence-corrected chi connectivity index (χ1v) is 6.51. The molecule has 104 valence electrons. The van der Waals surface area contributed by atoms with Crippen LogP contribution >= 0.6 is 0 Å². The predicted molar refractivity (Wildman–Crippen MR) is 66.4 cm³/mol. The van der Waals surface area contributed by atoms with Gasteiger partial charge in [0.15, 0.2) is 0 Å². The molecule has 1 aliphatic heterocycles. The number of carbonyl (C=O) groups excluding carboxylic acids is 1. The van der Waals surface area contributed by atoms with Crippen molar-refractivity contribution in [3.05, 3.63) is 6.61 Å². The molecule has 18 heavy (non-hydrogen) atoms. The molecule has 0 aromatic carbocycles. The molecule has 1 aliphatic rings. The monoisotopic (exact) mass is 480 g/mol. The quantitative estimate of drug-likeness (QED) is 0.414. The maximum absolute atomic E-state index is 11.9. The second kappa shape index (κ2) is 11.3. The van der Waals surface area contributed by atoms with E-state index < -0.39 is 0 Å². The van der Waals surface area contributed by atoms with Crippen LogP contribution in [0.3, 0.4) is 0 Å². The summed E-state index contributed by atoms with van der Waals surface area (Å²) in [4.78, 5) is 13.8. The average molecular weight is 480 g/mol. The van der Waals surface area contributed by atoms with E-state index in [0.29, 0.717) is 26.1 Å². The molecule has 1 saturated heterocycles. The van der Waals surface area contributed by atoms with Crippen LogP contribution in [0.5, 0.6) is 0 Å². The minimum atomic E-state index is -0.00616. The van der Waals surface area contributed by atoms with Gasteiger partial charge in [0.2, 0.25) is 5.91 Å². The van der Waals surface area contributed by atoms with Gasteiger partial charge < -0.3 is 14.4 Å². The van der Waals surface area contributed by atoms with Crippen molar-refractivity contribution in [1.29, 1.82) is 0 Å². The number of rotatable bonds is 7. The van der Waals surface area contributed by atoms with Crippen LogP contribution in [0.4, 0.5) is 0 Å². The third-order valence-corrected chi connectivity index (χ3v) is 2.96. The second-order valence-electron chi connectivity index (χ2n) is 4.49. The Morgan fingerprint density at radius 3 is 2.89 bits per heavy atom. The Bertz CT molecular complexity index is 224. The minimum Gasteiger partial charge on any atom is -0.545 e. The summed E-state index contributed by atoms with van der Waals surface area (Å²) in [5.74, 6) is 0.238. The van der Waals surface area contributed by atoms with E-state index in [1.165, 1.54) is 12.8 Å². The van der Waals surface area contributed by atoms with Gasteiger partial charge >= 0.3 is 0 Å². The summed E-state index contributed by atoms with van der Waals surface area (Å²) < 4.78 is 10.4. The van der Waals surface area contributed by atoms with Crippen LogP contribution in [-0.2, 0) is 14.3 Å². The molecule has 1 fully saturated rings. The number of amides is 1. The summed E-state index contributed by atoms with van der Waals surface area (Å²) in [5, 5.41) is 0. The van der Waals surface area contributed by atoms with Gasteiger partial charge in [0, 0.05) is 51.2 Å². The van der Waals surface area contributed by atoms with Crippen LogP contribution in [0.1, 0.15) is 39.0 Å². The van der Waals surface area contributed by atoms with Gasteiger partial charge in [0.05, 0.1) is 12.7 Å². The van der Waals surface area contributed by atoms with Crippen molar-refractivity contribution in [3.63, 3.8) is 0 Å². The molecule has 0 aromatic heterocycles. The number of ether oxygens (including phenoxy) is 2. The molecule has 0 aromatic rings. The number of carbonyl (C=O) groups is 1. The smallest absolute Gasteiger partial charge is 0.220 e. The van der Waals surface area contributed by atoms with E-state index in [0.717, 1.165) is 12.8 Å². The average Bonchev–Trinajstić information content (AvgIpc) is 2.35. The predicted octanol–water partition coefficient (Wildman–Crippen LogP) is 1.99. The zero-order valence-corrected chi connectivity index (χ0v) is 15.6. The number of hydrogen-bond acceptors (Lipinski definition) is 3. The molecular formula is C13H24NO3U-. The van der Waals surface area contributed by atoms with Crippen LogP contribution < -0.4 is 0 Å². The van der Waals surface area contributed by atoms with Crippen LogP contribution in [0.2, 0.25) is 0 Å². The molecule has 1 heterocycles. The topological polar surface area (TPSA) is 38.8 Å². The summed E-state index contributed by atoms with van der Waals surface area (Å²) >= 11 is 0.